The van der Waals surface area contributed by atoms with Crippen molar-refractivity contribution in [3.05, 3.63) is 137 Å². The molecule has 0 aliphatic rings. The van der Waals surface area contributed by atoms with Crippen molar-refractivity contribution >= 4 is 13.3 Å². The minimum Gasteiger partial charge on any atom is -0.305 e. The van der Waals surface area contributed by atoms with E-state index < -0.39 is 39.5 Å². The number of hydrogen-bond acceptors (Lipinski definition) is 2. The van der Waals surface area contributed by atoms with Crippen molar-refractivity contribution in [3.63, 3.8) is 0 Å². The summed E-state index contributed by atoms with van der Waals surface area (Å²) < 4.78 is 70.5. The van der Waals surface area contributed by atoms with E-state index in [1.807, 2.05) is 64.2 Å². The molecule has 45 heavy (non-hydrogen) atoms. The Morgan fingerprint density at radius 1 is 0.689 bits per heavy atom. The molecule has 0 saturated heterocycles. The molecule has 237 valence electrons. The Morgan fingerprint density at radius 2 is 1.38 bits per heavy atom. The molecule has 4 heteroatoms. The van der Waals surface area contributed by atoms with Crippen molar-refractivity contribution in [3.8, 4) is 22.5 Å². The summed E-state index contributed by atoms with van der Waals surface area (Å²) in [5.74, 6) is -2.51. The summed E-state index contributed by atoms with van der Waals surface area (Å²) >= 11 is 0. The van der Waals surface area contributed by atoms with Crippen LogP contribution in [-0.4, -0.2) is 18.0 Å². The second-order valence-electron chi connectivity index (χ2n) is 12.5. The molecule has 2 heterocycles. The van der Waals surface area contributed by atoms with Gasteiger partial charge in [0.15, 0.2) is 0 Å². The molecule has 2 aromatic heterocycles. The summed E-state index contributed by atoms with van der Waals surface area (Å²) in [6.45, 7) is 11.7. The van der Waals surface area contributed by atoms with Gasteiger partial charge >= 0.3 is 0 Å². The Morgan fingerprint density at radius 3 is 1.98 bits per heavy atom. The first-order valence-electron chi connectivity index (χ1n) is 19.3. The summed E-state index contributed by atoms with van der Waals surface area (Å²) in [4.78, 5) is 8.98. The van der Waals surface area contributed by atoms with Gasteiger partial charge in [-0.2, -0.15) is 0 Å². The van der Waals surface area contributed by atoms with Crippen LogP contribution in [-0.2, 0) is 20.1 Å². The van der Waals surface area contributed by atoms with E-state index in [9.17, 15) is 0 Å². The van der Waals surface area contributed by atoms with Crippen LogP contribution in [0.15, 0.2) is 91.3 Å². The van der Waals surface area contributed by atoms with Crippen LogP contribution in [0.3, 0.4) is 0 Å². The van der Waals surface area contributed by atoms with Crippen molar-refractivity contribution in [1.82, 2.24) is 9.97 Å². The first-order valence-corrected chi connectivity index (χ1v) is 18.3. The third kappa shape index (κ3) is 9.66. The van der Waals surface area contributed by atoms with Gasteiger partial charge in [0.25, 0.3) is 0 Å². The van der Waals surface area contributed by atoms with Crippen LogP contribution >= 0.6 is 0 Å². The van der Waals surface area contributed by atoms with Gasteiger partial charge in [-0.1, -0.05) is 114 Å². The third-order valence-electron chi connectivity index (χ3n) is 7.51. The molecule has 0 aliphatic heterocycles. The largest absolute Gasteiger partial charge is 0.305 e. The molecule has 0 aliphatic carbocycles. The van der Waals surface area contributed by atoms with Gasteiger partial charge in [-0.3, -0.25) is 0 Å². The smallest absolute Gasteiger partial charge is 0.0799 e. The maximum absolute atomic E-state index is 8.93. The van der Waals surface area contributed by atoms with Gasteiger partial charge in [-0.15, -0.1) is 70.8 Å². The predicted molar refractivity (Wildman–Crippen MR) is 192 cm³/mol. The molecular formula is C41H48IrN2Si-2. The fraction of sp³-hybridized carbons (Fsp3) is 0.317. The van der Waals surface area contributed by atoms with E-state index >= 15 is 0 Å². The Hall–Kier alpha value is -3.17. The van der Waals surface area contributed by atoms with Crippen molar-refractivity contribution in [2.24, 2.45) is 0 Å². The molecule has 2 nitrogen and oxygen atoms in total. The topological polar surface area (TPSA) is 25.8 Å². The Kier molecular flexibility index (Phi) is 8.82. The molecule has 0 spiro atoms. The van der Waals surface area contributed by atoms with Crippen molar-refractivity contribution in [2.45, 2.75) is 85.6 Å². The van der Waals surface area contributed by atoms with Gasteiger partial charge in [-0.25, -0.2) is 0 Å². The monoisotopic (exact) mass is 798 g/mol. The van der Waals surface area contributed by atoms with E-state index in [2.05, 4.69) is 41.7 Å². The van der Waals surface area contributed by atoms with E-state index in [4.69, 9.17) is 12.3 Å². The fourth-order valence-electron chi connectivity index (χ4n) is 4.82. The van der Waals surface area contributed by atoms with Crippen LogP contribution in [0.4, 0.5) is 0 Å². The van der Waals surface area contributed by atoms with Crippen LogP contribution in [0.5, 0.6) is 0 Å². The zero-order valence-corrected chi connectivity index (χ0v) is 30.8. The fourth-order valence-corrected chi connectivity index (χ4v) is 6.40. The molecule has 0 bridgehead atoms. The zero-order valence-electron chi connectivity index (χ0n) is 36.4. The molecule has 5 aromatic rings. The van der Waals surface area contributed by atoms with E-state index in [0.717, 1.165) is 33.5 Å². The standard InChI is InChI=1S/C23H24N.C18H24NSi.Ir/c1-16(2)20-12-13-24-23(15-20)22-7-5-6-21(14-22)18(4)19-10-8-17(3)9-11-19;1-13(2)16-11-17(15-9-7-14(3)8-10-15)19-12-18(16)20(4,5)6;/h5-6,8-16,18H,1-4H3;7-9,11-13H,1-6H3;/q2*-1;/i3D3,16D,18D;3D3,13D;. The summed E-state index contributed by atoms with van der Waals surface area (Å²) in [6, 6.07) is 28.7. The summed E-state index contributed by atoms with van der Waals surface area (Å²) in [5.41, 5.74) is 6.77. The molecule has 5 rings (SSSR count). The minimum absolute atomic E-state index is 0. The van der Waals surface area contributed by atoms with Crippen LogP contribution in [0.25, 0.3) is 22.5 Å². The second kappa shape index (κ2) is 15.9. The maximum atomic E-state index is 8.93. The quantitative estimate of drug-likeness (QED) is 0.121. The summed E-state index contributed by atoms with van der Waals surface area (Å²) in [7, 11) is -1.61. The van der Waals surface area contributed by atoms with E-state index in [1.54, 1.807) is 55.6 Å². The maximum Gasteiger partial charge on any atom is 0.0799 e. The summed E-state index contributed by atoms with van der Waals surface area (Å²) in [5, 5.41) is 1.19. The predicted octanol–water partition coefficient (Wildman–Crippen LogP) is 10.7. The van der Waals surface area contributed by atoms with E-state index in [-0.39, 0.29) is 31.2 Å². The van der Waals surface area contributed by atoms with E-state index in [0.29, 0.717) is 11.3 Å². The van der Waals surface area contributed by atoms with Crippen LogP contribution in [0.1, 0.15) is 98.0 Å². The SMILES string of the molecule is [2H]C([2H])([2H])c1c[c-]c(-c2cc(C([2H])(C)C)c([Si](C)(C)C)cn2)cc1.[2H]C([2H])([2H])c1ccc(C([2H])(C)c2cc[c-]c(-c3cc(C([2H])(C)C)ccn3)c2)cc1.[Ir]. The normalized spacial score (nSPS) is 16.6. The van der Waals surface area contributed by atoms with Gasteiger partial charge in [0.05, 0.1) is 8.07 Å². The average molecular weight is 798 g/mol. The first-order chi connectivity index (χ1) is 24.2. The number of aromatic nitrogens is 2. The third-order valence-corrected chi connectivity index (χ3v) is 9.52. The first kappa shape index (κ1) is 25.0. The van der Waals surface area contributed by atoms with Gasteiger partial charge < -0.3 is 9.97 Å². The van der Waals surface area contributed by atoms with Crippen LogP contribution < -0.4 is 5.19 Å². The van der Waals surface area contributed by atoms with Gasteiger partial charge in [0.2, 0.25) is 0 Å². The molecular weight excluding hydrogens is 741 g/mol. The minimum atomic E-state index is -2.16. The number of aryl methyl sites for hydroxylation is 2. The van der Waals surface area contributed by atoms with Crippen molar-refractivity contribution < 1.29 is 32.4 Å². The molecule has 3 aromatic carbocycles. The van der Waals surface area contributed by atoms with Gasteiger partial charge in [-0.05, 0) is 52.7 Å². The van der Waals surface area contributed by atoms with Gasteiger partial charge in [0.1, 0.15) is 0 Å². The molecule has 0 saturated carbocycles. The molecule has 1 radical (unpaired) electrons. The Bertz CT molecular complexity index is 2020. The van der Waals surface area contributed by atoms with Crippen LogP contribution in [0, 0.1) is 25.8 Å². The number of nitrogens with zero attached hydrogens (tertiary/aromatic N) is 2. The molecule has 1 unspecified atom stereocenters. The van der Waals surface area contributed by atoms with E-state index in [1.165, 1.54) is 11.3 Å². The number of benzene rings is 3. The molecule has 0 fully saturated rings. The number of rotatable bonds is 7. The van der Waals surface area contributed by atoms with Crippen molar-refractivity contribution in [2.75, 3.05) is 0 Å². The number of pyridine rings is 2. The van der Waals surface area contributed by atoms with Crippen molar-refractivity contribution in [1.29, 1.82) is 0 Å². The Balaban J connectivity index is 0.000000290. The van der Waals surface area contributed by atoms with Crippen LogP contribution in [0.2, 0.25) is 19.6 Å². The van der Waals surface area contributed by atoms with Gasteiger partial charge in [0, 0.05) is 44.8 Å². The second-order valence-corrected chi connectivity index (χ2v) is 17.5. The average Bonchev–Trinajstić information content (AvgIpc) is 3.06. The molecule has 1 atom stereocenters. The Labute approximate surface area is 299 Å². The summed E-state index contributed by atoms with van der Waals surface area (Å²) in [6.07, 6.45) is 3.58. The zero-order chi connectivity index (χ0) is 39.8. The molecule has 0 N–H and O–H groups in total. The molecule has 0 amide bonds. The number of hydrogen-bond donors (Lipinski definition) is 0.